The van der Waals surface area contributed by atoms with Gasteiger partial charge in [0.1, 0.15) is 6.29 Å². The molecule has 2 aliphatic carbocycles. The number of rotatable bonds is 7. The minimum Gasteiger partial charge on any atom is -0.303 e. The Kier molecular flexibility index (Phi) is 5.23. The number of nitrogens with zero attached hydrogens (tertiary/aromatic N) is 1. The van der Waals surface area contributed by atoms with Crippen LogP contribution in [0.5, 0.6) is 0 Å². The Morgan fingerprint density at radius 3 is 2.33 bits per heavy atom. The minimum absolute atomic E-state index is 0.00711. The lowest BCUT2D eigenvalue weighted by atomic mass is 9.81. The van der Waals surface area contributed by atoms with Crippen molar-refractivity contribution in [2.45, 2.75) is 77.2 Å². The van der Waals surface area contributed by atoms with E-state index in [1.165, 1.54) is 64.2 Å². The Morgan fingerprint density at radius 2 is 1.83 bits per heavy atom. The van der Waals surface area contributed by atoms with Crippen molar-refractivity contribution in [1.29, 1.82) is 0 Å². The SMILES string of the molecule is CCCCN(CC1(C=O)CCCCCC1)C1CC1. The summed E-state index contributed by atoms with van der Waals surface area (Å²) in [7, 11) is 0. The Hall–Kier alpha value is -0.370. The first-order valence-electron chi connectivity index (χ1n) is 8.00. The van der Waals surface area contributed by atoms with E-state index in [1.54, 1.807) is 0 Å². The second kappa shape index (κ2) is 6.70. The van der Waals surface area contributed by atoms with E-state index in [0.717, 1.165) is 25.4 Å². The van der Waals surface area contributed by atoms with E-state index >= 15 is 0 Å². The molecule has 0 aromatic rings. The van der Waals surface area contributed by atoms with Gasteiger partial charge in [0.15, 0.2) is 0 Å². The number of unbranched alkanes of at least 4 members (excludes halogenated alkanes) is 1. The molecule has 0 amide bonds. The van der Waals surface area contributed by atoms with Gasteiger partial charge in [0.2, 0.25) is 0 Å². The molecule has 0 bridgehead atoms. The third-order valence-corrected chi connectivity index (χ3v) is 4.73. The van der Waals surface area contributed by atoms with Crippen LogP contribution in [0.25, 0.3) is 0 Å². The van der Waals surface area contributed by atoms with E-state index in [1.807, 2.05) is 0 Å². The molecule has 0 aromatic heterocycles. The molecule has 2 nitrogen and oxygen atoms in total. The van der Waals surface area contributed by atoms with Gasteiger partial charge in [0.05, 0.1) is 0 Å². The second-order valence-corrected chi connectivity index (χ2v) is 6.45. The maximum atomic E-state index is 11.7. The maximum Gasteiger partial charge on any atom is 0.127 e. The monoisotopic (exact) mass is 251 g/mol. The standard InChI is InChI=1S/C16H29NO/c1-2-3-12-17(15-8-9-15)13-16(14-18)10-6-4-5-7-11-16/h14-15H,2-13H2,1H3. The molecule has 104 valence electrons. The van der Waals surface area contributed by atoms with Gasteiger partial charge in [-0.25, -0.2) is 0 Å². The van der Waals surface area contributed by atoms with Crippen molar-refractivity contribution in [3.8, 4) is 0 Å². The summed E-state index contributed by atoms with van der Waals surface area (Å²) < 4.78 is 0. The van der Waals surface area contributed by atoms with Crippen molar-refractivity contribution in [3.63, 3.8) is 0 Å². The molecule has 18 heavy (non-hydrogen) atoms. The summed E-state index contributed by atoms with van der Waals surface area (Å²) in [6.45, 7) is 4.50. The molecule has 0 N–H and O–H groups in total. The lowest BCUT2D eigenvalue weighted by Gasteiger charge is -2.34. The fourth-order valence-electron chi connectivity index (χ4n) is 3.34. The first-order valence-corrected chi connectivity index (χ1v) is 8.00. The number of hydrogen-bond acceptors (Lipinski definition) is 2. The summed E-state index contributed by atoms with van der Waals surface area (Å²) in [6.07, 6.45) is 14.0. The fraction of sp³-hybridized carbons (Fsp3) is 0.938. The number of hydrogen-bond donors (Lipinski definition) is 0. The largest absolute Gasteiger partial charge is 0.303 e. The van der Waals surface area contributed by atoms with Gasteiger partial charge < -0.3 is 4.79 Å². The number of carbonyl (C=O) groups is 1. The van der Waals surface area contributed by atoms with E-state index < -0.39 is 0 Å². The van der Waals surface area contributed by atoms with Gasteiger partial charge in [-0.1, -0.05) is 39.0 Å². The highest BCUT2D eigenvalue weighted by molar-refractivity contribution is 5.59. The first-order chi connectivity index (χ1) is 8.79. The molecule has 0 aromatic carbocycles. The lowest BCUT2D eigenvalue weighted by molar-refractivity contribution is -0.118. The third-order valence-electron chi connectivity index (χ3n) is 4.73. The van der Waals surface area contributed by atoms with Gasteiger partial charge in [-0.05, 0) is 38.6 Å². The average Bonchev–Trinajstić information content (AvgIpc) is 3.21. The average molecular weight is 251 g/mol. The van der Waals surface area contributed by atoms with Gasteiger partial charge in [0.25, 0.3) is 0 Å². The Morgan fingerprint density at radius 1 is 1.17 bits per heavy atom. The highest BCUT2D eigenvalue weighted by Crippen LogP contribution is 2.37. The zero-order chi connectivity index (χ0) is 12.8. The van der Waals surface area contributed by atoms with Crippen LogP contribution in [0.1, 0.15) is 71.1 Å². The predicted molar refractivity (Wildman–Crippen MR) is 75.7 cm³/mol. The van der Waals surface area contributed by atoms with E-state index in [-0.39, 0.29) is 5.41 Å². The number of aldehydes is 1. The molecule has 0 unspecified atom stereocenters. The van der Waals surface area contributed by atoms with Crippen molar-refractivity contribution in [3.05, 3.63) is 0 Å². The van der Waals surface area contributed by atoms with Crippen LogP contribution >= 0.6 is 0 Å². The van der Waals surface area contributed by atoms with Crippen molar-refractivity contribution in [2.24, 2.45) is 5.41 Å². The highest BCUT2D eigenvalue weighted by Gasteiger charge is 2.37. The van der Waals surface area contributed by atoms with Crippen LogP contribution in [0.15, 0.2) is 0 Å². The van der Waals surface area contributed by atoms with E-state index in [4.69, 9.17) is 0 Å². The molecule has 0 radical (unpaired) electrons. The quantitative estimate of drug-likeness (QED) is 0.507. The topological polar surface area (TPSA) is 20.3 Å². The van der Waals surface area contributed by atoms with Gasteiger partial charge in [-0.3, -0.25) is 4.90 Å². The number of carbonyl (C=O) groups excluding carboxylic acids is 1. The third kappa shape index (κ3) is 3.81. The van der Waals surface area contributed by atoms with Crippen LogP contribution in [0.2, 0.25) is 0 Å². The smallest absolute Gasteiger partial charge is 0.127 e. The zero-order valence-electron chi connectivity index (χ0n) is 12.0. The van der Waals surface area contributed by atoms with Gasteiger partial charge in [-0.2, -0.15) is 0 Å². The van der Waals surface area contributed by atoms with Crippen molar-refractivity contribution < 1.29 is 4.79 Å². The second-order valence-electron chi connectivity index (χ2n) is 6.45. The molecule has 2 heteroatoms. The Balaban J connectivity index is 1.94. The van der Waals surface area contributed by atoms with Crippen LogP contribution in [0.3, 0.4) is 0 Å². The van der Waals surface area contributed by atoms with E-state index in [2.05, 4.69) is 11.8 Å². The van der Waals surface area contributed by atoms with E-state index in [0.29, 0.717) is 0 Å². The van der Waals surface area contributed by atoms with Gasteiger partial charge in [0, 0.05) is 18.0 Å². The van der Waals surface area contributed by atoms with E-state index in [9.17, 15) is 4.79 Å². The van der Waals surface area contributed by atoms with Crippen LogP contribution in [0.4, 0.5) is 0 Å². The molecule has 2 fully saturated rings. The molecule has 2 saturated carbocycles. The summed E-state index contributed by atoms with van der Waals surface area (Å²) in [5.41, 5.74) is -0.00711. The molecular weight excluding hydrogens is 222 g/mol. The molecule has 0 saturated heterocycles. The Bertz CT molecular complexity index is 252. The van der Waals surface area contributed by atoms with Gasteiger partial charge >= 0.3 is 0 Å². The molecule has 0 aliphatic heterocycles. The molecule has 2 rings (SSSR count). The van der Waals surface area contributed by atoms with Crippen LogP contribution in [0, 0.1) is 5.41 Å². The molecule has 2 aliphatic rings. The summed E-state index contributed by atoms with van der Waals surface area (Å²) in [6, 6.07) is 0.802. The molecule has 0 heterocycles. The summed E-state index contributed by atoms with van der Waals surface area (Å²) in [5, 5.41) is 0. The predicted octanol–water partition coefficient (Wildman–Crippen LogP) is 3.79. The summed E-state index contributed by atoms with van der Waals surface area (Å²) in [5.74, 6) is 0. The lowest BCUT2D eigenvalue weighted by Crippen LogP contribution is -2.40. The van der Waals surface area contributed by atoms with Crippen molar-refractivity contribution in [1.82, 2.24) is 4.90 Å². The summed E-state index contributed by atoms with van der Waals surface area (Å²) >= 11 is 0. The normalized spacial score (nSPS) is 23.9. The maximum absolute atomic E-state index is 11.7. The molecular formula is C16H29NO. The zero-order valence-corrected chi connectivity index (χ0v) is 12.0. The first kappa shape index (κ1) is 14.0. The summed E-state index contributed by atoms with van der Waals surface area (Å²) in [4.78, 5) is 14.3. The molecule has 0 atom stereocenters. The van der Waals surface area contributed by atoms with Crippen molar-refractivity contribution in [2.75, 3.05) is 13.1 Å². The van der Waals surface area contributed by atoms with Crippen LogP contribution in [-0.2, 0) is 4.79 Å². The van der Waals surface area contributed by atoms with Crippen LogP contribution < -0.4 is 0 Å². The highest BCUT2D eigenvalue weighted by atomic mass is 16.1. The fourth-order valence-corrected chi connectivity index (χ4v) is 3.34. The van der Waals surface area contributed by atoms with Crippen molar-refractivity contribution >= 4 is 6.29 Å². The molecule has 0 spiro atoms. The minimum atomic E-state index is -0.00711. The van der Waals surface area contributed by atoms with Gasteiger partial charge in [-0.15, -0.1) is 0 Å². The van der Waals surface area contributed by atoms with Crippen LogP contribution in [-0.4, -0.2) is 30.3 Å². The Labute approximate surface area is 112 Å².